The lowest BCUT2D eigenvalue weighted by molar-refractivity contribution is 0.0527. The van der Waals surface area contributed by atoms with Crippen molar-refractivity contribution in [2.24, 2.45) is 0 Å². The van der Waals surface area contributed by atoms with Gasteiger partial charge in [-0.25, -0.2) is 9.78 Å². The number of aromatic amines is 1. The van der Waals surface area contributed by atoms with Crippen LogP contribution in [0, 0.1) is 0 Å². The quantitative estimate of drug-likeness (QED) is 0.333. The fourth-order valence-electron chi connectivity index (χ4n) is 3.01. The van der Waals surface area contributed by atoms with Crippen molar-refractivity contribution in [1.82, 2.24) is 14.4 Å². The van der Waals surface area contributed by atoms with Crippen molar-refractivity contribution in [3.05, 3.63) is 67.7 Å². The topological polar surface area (TPSA) is 93.5 Å². The number of pyridine rings is 2. The molecular formula is C18H12ClN3O4. The molecule has 0 atom stereocenters. The van der Waals surface area contributed by atoms with E-state index in [4.69, 9.17) is 16.3 Å². The Kier molecular flexibility index (Phi) is 3.73. The first-order valence-electron chi connectivity index (χ1n) is 7.86. The lowest BCUT2D eigenvalue weighted by Gasteiger charge is -2.13. The van der Waals surface area contributed by atoms with Crippen LogP contribution in [0.1, 0.15) is 17.3 Å². The van der Waals surface area contributed by atoms with Gasteiger partial charge in [0, 0.05) is 0 Å². The number of carbonyl (C=O) groups excluding carboxylic acids is 1. The zero-order valence-electron chi connectivity index (χ0n) is 13.6. The summed E-state index contributed by atoms with van der Waals surface area (Å²) < 4.78 is 6.57. The van der Waals surface area contributed by atoms with E-state index in [0.717, 1.165) is 0 Å². The number of fused-ring (bicyclic) bond motifs is 5. The van der Waals surface area contributed by atoms with Gasteiger partial charge >= 0.3 is 5.97 Å². The number of nitrogens with one attached hydrogen (secondary N) is 1. The first-order valence-corrected chi connectivity index (χ1v) is 8.24. The van der Waals surface area contributed by atoms with Gasteiger partial charge in [0.05, 0.1) is 22.9 Å². The largest absolute Gasteiger partial charge is 0.462 e. The fraction of sp³-hybridized carbons (Fsp3) is 0.111. The molecule has 1 aromatic carbocycles. The molecule has 0 saturated carbocycles. The Hall–Kier alpha value is -3.19. The minimum absolute atomic E-state index is 0.0272. The van der Waals surface area contributed by atoms with Crippen LogP contribution in [-0.2, 0) is 4.74 Å². The lowest BCUT2D eigenvalue weighted by Crippen LogP contribution is -2.24. The average Bonchev–Trinajstić information content (AvgIpc) is 2.62. The number of carbonyl (C=O) groups is 1. The molecule has 0 fully saturated rings. The van der Waals surface area contributed by atoms with Crippen LogP contribution in [-0.4, -0.2) is 26.9 Å². The van der Waals surface area contributed by atoms with Gasteiger partial charge in [-0.1, -0.05) is 23.7 Å². The van der Waals surface area contributed by atoms with Crippen molar-refractivity contribution in [3.63, 3.8) is 0 Å². The standard InChI is InChI=1S/C18H12ClN3O4/c1-2-26-18(25)13-14(23)10-7-8-12(19)20-15(10)22-11-6-4-3-5-9(11)17(24)21-16(13)22/h3-8H,2H2,1H3,(H,21,24). The summed E-state index contributed by atoms with van der Waals surface area (Å²) in [6.45, 7) is 1.73. The summed E-state index contributed by atoms with van der Waals surface area (Å²) in [5.74, 6) is -0.808. The van der Waals surface area contributed by atoms with Gasteiger partial charge < -0.3 is 9.72 Å². The summed E-state index contributed by atoms with van der Waals surface area (Å²) in [6, 6.07) is 9.80. The summed E-state index contributed by atoms with van der Waals surface area (Å²) >= 11 is 6.02. The number of rotatable bonds is 2. The average molecular weight is 370 g/mol. The minimum atomic E-state index is -0.808. The van der Waals surface area contributed by atoms with Crippen LogP contribution < -0.4 is 11.0 Å². The maximum absolute atomic E-state index is 12.9. The van der Waals surface area contributed by atoms with E-state index >= 15 is 0 Å². The molecule has 7 nitrogen and oxygen atoms in total. The van der Waals surface area contributed by atoms with Gasteiger partial charge in [-0.05, 0) is 31.2 Å². The summed E-state index contributed by atoms with van der Waals surface area (Å²) in [4.78, 5) is 44.7. The van der Waals surface area contributed by atoms with E-state index in [1.54, 1.807) is 35.6 Å². The number of aromatic nitrogens is 3. The van der Waals surface area contributed by atoms with Gasteiger partial charge in [0.1, 0.15) is 16.4 Å². The molecule has 0 amide bonds. The van der Waals surface area contributed by atoms with Crippen LogP contribution in [0.3, 0.4) is 0 Å². The predicted octanol–water partition coefficient (Wildman–Crippen LogP) is 2.52. The van der Waals surface area contributed by atoms with Gasteiger partial charge in [0.2, 0.25) is 5.43 Å². The summed E-state index contributed by atoms with van der Waals surface area (Å²) in [6.07, 6.45) is 0. The van der Waals surface area contributed by atoms with E-state index in [0.29, 0.717) is 10.9 Å². The highest BCUT2D eigenvalue weighted by Crippen LogP contribution is 2.21. The van der Waals surface area contributed by atoms with Crippen molar-refractivity contribution < 1.29 is 9.53 Å². The van der Waals surface area contributed by atoms with E-state index in [9.17, 15) is 14.4 Å². The molecule has 130 valence electrons. The van der Waals surface area contributed by atoms with E-state index < -0.39 is 17.0 Å². The maximum Gasteiger partial charge on any atom is 0.345 e. The van der Waals surface area contributed by atoms with Gasteiger partial charge in [-0.3, -0.25) is 14.0 Å². The molecule has 8 heteroatoms. The third-order valence-electron chi connectivity index (χ3n) is 4.09. The second-order valence-electron chi connectivity index (χ2n) is 5.59. The molecule has 0 bridgehead atoms. The van der Waals surface area contributed by atoms with Crippen molar-refractivity contribution in [1.29, 1.82) is 0 Å². The Morgan fingerprint density at radius 3 is 2.73 bits per heavy atom. The highest BCUT2D eigenvalue weighted by Gasteiger charge is 2.22. The zero-order valence-corrected chi connectivity index (χ0v) is 14.3. The molecule has 3 heterocycles. The number of hydrogen-bond acceptors (Lipinski definition) is 5. The first-order chi connectivity index (χ1) is 12.5. The molecule has 3 aromatic heterocycles. The maximum atomic E-state index is 12.9. The van der Waals surface area contributed by atoms with Crippen molar-refractivity contribution in [3.8, 4) is 0 Å². The summed E-state index contributed by atoms with van der Waals surface area (Å²) in [7, 11) is 0. The van der Waals surface area contributed by atoms with Crippen LogP contribution in [0.5, 0.6) is 0 Å². The summed E-state index contributed by atoms with van der Waals surface area (Å²) in [5, 5.41) is 0.776. The Bertz CT molecular complexity index is 1320. The number of hydrogen-bond donors (Lipinski definition) is 1. The van der Waals surface area contributed by atoms with Crippen LogP contribution >= 0.6 is 11.6 Å². The number of ether oxygens (including phenoxy) is 1. The van der Waals surface area contributed by atoms with Crippen LogP contribution in [0.15, 0.2) is 46.0 Å². The molecule has 0 saturated heterocycles. The normalized spacial score (nSPS) is 11.3. The highest BCUT2D eigenvalue weighted by atomic mass is 35.5. The Morgan fingerprint density at radius 1 is 1.19 bits per heavy atom. The third-order valence-corrected chi connectivity index (χ3v) is 4.30. The van der Waals surface area contributed by atoms with Crippen molar-refractivity contribution in [2.75, 3.05) is 6.61 Å². The first kappa shape index (κ1) is 16.3. The van der Waals surface area contributed by atoms with E-state index in [-0.39, 0.29) is 34.0 Å². The molecule has 4 rings (SSSR count). The molecule has 0 aliphatic rings. The Morgan fingerprint density at radius 2 is 1.96 bits per heavy atom. The highest BCUT2D eigenvalue weighted by molar-refractivity contribution is 6.29. The Balaban J connectivity index is 2.37. The SMILES string of the molecule is CCOC(=O)c1c(=O)c2ccc(Cl)nc2n2c1[nH]c(=O)c1ccccc12. The second-order valence-corrected chi connectivity index (χ2v) is 5.97. The van der Waals surface area contributed by atoms with Crippen LogP contribution in [0.4, 0.5) is 0 Å². The third kappa shape index (κ3) is 2.28. The summed E-state index contributed by atoms with van der Waals surface area (Å²) in [5.41, 5.74) is -0.471. The second kappa shape index (κ2) is 5.96. The predicted molar refractivity (Wildman–Crippen MR) is 98.1 cm³/mol. The minimum Gasteiger partial charge on any atom is -0.462 e. The number of benzene rings is 1. The zero-order chi connectivity index (χ0) is 18.4. The number of nitrogens with zero attached hydrogens (tertiary/aromatic N) is 2. The van der Waals surface area contributed by atoms with E-state index in [1.807, 2.05) is 0 Å². The number of halogens is 1. The smallest absolute Gasteiger partial charge is 0.345 e. The molecule has 4 aromatic rings. The van der Waals surface area contributed by atoms with Crippen molar-refractivity contribution in [2.45, 2.75) is 6.92 Å². The number of esters is 1. The molecule has 0 unspecified atom stereocenters. The van der Waals surface area contributed by atoms with Crippen molar-refractivity contribution >= 4 is 45.2 Å². The molecule has 0 spiro atoms. The molecule has 1 N–H and O–H groups in total. The molecule has 0 radical (unpaired) electrons. The van der Waals surface area contributed by atoms with E-state index in [1.165, 1.54) is 12.1 Å². The monoisotopic (exact) mass is 369 g/mol. The lowest BCUT2D eigenvalue weighted by atomic mass is 10.1. The number of para-hydroxylation sites is 1. The fourth-order valence-corrected chi connectivity index (χ4v) is 3.16. The van der Waals surface area contributed by atoms with Crippen LogP contribution in [0.2, 0.25) is 5.15 Å². The van der Waals surface area contributed by atoms with E-state index in [2.05, 4.69) is 9.97 Å². The Labute approximate surface area is 150 Å². The molecule has 26 heavy (non-hydrogen) atoms. The van der Waals surface area contributed by atoms with Gasteiger partial charge in [-0.2, -0.15) is 0 Å². The molecule has 0 aliphatic carbocycles. The van der Waals surface area contributed by atoms with Gasteiger partial charge in [0.15, 0.2) is 5.65 Å². The van der Waals surface area contributed by atoms with Gasteiger partial charge in [-0.15, -0.1) is 0 Å². The van der Waals surface area contributed by atoms with Gasteiger partial charge in [0.25, 0.3) is 5.56 Å². The number of H-pyrrole nitrogens is 1. The molecular weight excluding hydrogens is 358 g/mol. The van der Waals surface area contributed by atoms with Crippen LogP contribution in [0.25, 0.3) is 27.6 Å². The molecule has 0 aliphatic heterocycles.